The van der Waals surface area contributed by atoms with Crippen LogP contribution in [0.15, 0.2) is 42.6 Å². The summed E-state index contributed by atoms with van der Waals surface area (Å²) in [5.74, 6) is -0.294. The van der Waals surface area contributed by atoms with Crippen molar-refractivity contribution in [2.75, 3.05) is 11.9 Å². The molecule has 0 spiro atoms. The Morgan fingerprint density at radius 3 is 2.48 bits per heavy atom. The quantitative estimate of drug-likeness (QED) is 0.379. The van der Waals surface area contributed by atoms with E-state index in [1.165, 1.54) is 17.4 Å². The molecule has 154 valence electrons. The van der Waals surface area contributed by atoms with Crippen molar-refractivity contribution in [1.29, 1.82) is 0 Å². The number of hydrogen-bond acceptors (Lipinski definition) is 5. The molecular weight excluding hydrogens is 385 g/mol. The van der Waals surface area contributed by atoms with E-state index in [1.54, 1.807) is 24.4 Å². The summed E-state index contributed by atoms with van der Waals surface area (Å²) in [6.45, 7) is 11.0. The summed E-state index contributed by atoms with van der Waals surface area (Å²) >= 11 is 1.52. The van der Waals surface area contributed by atoms with Crippen LogP contribution < -0.4 is 5.32 Å². The normalized spacial score (nSPS) is 10.0. The van der Waals surface area contributed by atoms with E-state index in [2.05, 4.69) is 27.4 Å². The van der Waals surface area contributed by atoms with Crippen molar-refractivity contribution in [1.82, 2.24) is 20.2 Å². The highest BCUT2D eigenvalue weighted by Gasteiger charge is 2.15. The number of thiazole rings is 1. The summed E-state index contributed by atoms with van der Waals surface area (Å²) in [4.78, 5) is 10.1. The monoisotopic (exact) mass is 413 g/mol. The lowest BCUT2D eigenvalue weighted by Crippen LogP contribution is -1.98. The third-order valence-corrected chi connectivity index (χ3v) is 4.76. The number of hydrogen-bond donors (Lipinski definition) is 2. The van der Waals surface area contributed by atoms with E-state index in [9.17, 15) is 4.39 Å². The molecule has 0 aliphatic rings. The fourth-order valence-corrected chi connectivity index (χ4v) is 3.49. The summed E-state index contributed by atoms with van der Waals surface area (Å²) in [7, 11) is 0. The second-order valence-corrected chi connectivity index (χ2v) is 6.58. The molecule has 0 amide bonds. The minimum absolute atomic E-state index is 0.294. The van der Waals surface area contributed by atoms with Crippen LogP contribution in [0.3, 0.4) is 0 Å². The highest BCUT2D eigenvalue weighted by Crippen LogP contribution is 2.33. The molecule has 3 aromatic heterocycles. The van der Waals surface area contributed by atoms with E-state index in [0.29, 0.717) is 11.3 Å². The van der Waals surface area contributed by atoms with Gasteiger partial charge in [-0.3, -0.25) is 5.10 Å². The first-order chi connectivity index (χ1) is 14.3. The standard InChI is InChI=1S/C18H16FN5S.2C2H6/c1-2-9-20-18-23-15-8-7-14(22-17(15)25-18)12-10-21-24-16(12)11-5-3-4-6-13(11)19;2*1-2/h3-8,10H,2,9H2,1H3,(H,20,23)(H,21,24);2*1-2H3. The number of H-pyrrole nitrogens is 1. The average molecular weight is 414 g/mol. The lowest BCUT2D eigenvalue weighted by atomic mass is 10.1. The third kappa shape index (κ3) is 5.17. The van der Waals surface area contributed by atoms with Gasteiger partial charge >= 0.3 is 0 Å². The molecule has 5 nitrogen and oxygen atoms in total. The second kappa shape index (κ2) is 11.3. The smallest absolute Gasteiger partial charge is 0.185 e. The van der Waals surface area contributed by atoms with E-state index in [-0.39, 0.29) is 5.82 Å². The molecule has 0 saturated carbocycles. The van der Waals surface area contributed by atoms with Crippen LogP contribution in [-0.2, 0) is 0 Å². The summed E-state index contributed by atoms with van der Waals surface area (Å²) in [6.07, 6.45) is 2.71. The predicted octanol–water partition coefficient (Wildman–Crippen LogP) is 6.76. The Labute approximate surface area is 175 Å². The Morgan fingerprint density at radius 1 is 1.00 bits per heavy atom. The zero-order chi connectivity index (χ0) is 21.2. The van der Waals surface area contributed by atoms with Gasteiger partial charge in [-0.25, -0.2) is 14.4 Å². The maximum Gasteiger partial charge on any atom is 0.185 e. The van der Waals surface area contributed by atoms with Gasteiger partial charge in [0.15, 0.2) is 5.13 Å². The summed E-state index contributed by atoms with van der Waals surface area (Å²) in [6, 6.07) is 10.5. The van der Waals surface area contributed by atoms with Crippen molar-refractivity contribution in [2.24, 2.45) is 0 Å². The molecule has 0 fully saturated rings. The zero-order valence-corrected chi connectivity index (χ0v) is 18.4. The van der Waals surface area contributed by atoms with E-state index in [1.807, 2.05) is 39.8 Å². The van der Waals surface area contributed by atoms with Gasteiger partial charge in [-0.15, -0.1) is 0 Å². The average Bonchev–Trinajstić information content (AvgIpc) is 3.41. The van der Waals surface area contributed by atoms with Gasteiger partial charge in [0.2, 0.25) is 0 Å². The minimum atomic E-state index is -0.294. The van der Waals surface area contributed by atoms with Crippen LogP contribution in [0.25, 0.3) is 32.9 Å². The topological polar surface area (TPSA) is 66.5 Å². The number of rotatable bonds is 5. The molecule has 7 heteroatoms. The maximum atomic E-state index is 14.1. The summed E-state index contributed by atoms with van der Waals surface area (Å²) in [5, 5.41) is 11.1. The molecule has 0 bridgehead atoms. The van der Waals surface area contributed by atoms with E-state index < -0.39 is 0 Å². The number of aromatic amines is 1. The molecule has 4 aromatic rings. The lowest BCUT2D eigenvalue weighted by molar-refractivity contribution is 0.630. The Balaban J connectivity index is 0.000000707. The molecule has 1 aromatic carbocycles. The van der Waals surface area contributed by atoms with Gasteiger partial charge in [-0.1, -0.05) is 58.1 Å². The van der Waals surface area contributed by atoms with Gasteiger partial charge in [0.05, 0.1) is 17.6 Å². The van der Waals surface area contributed by atoms with E-state index in [4.69, 9.17) is 4.98 Å². The number of aromatic nitrogens is 4. The van der Waals surface area contributed by atoms with Gasteiger partial charge < -0.3 is 5.32 Å². The summed E-state index contributed by atoms with van der Waals surface area (Å²) < 4.78 is 14.1. The van der Waals surface area contributed by atoms with Crippen LogP contribution in [0.1, 0.15) is 41.0 Å². The number of fused-ring (bicyclic) bond motifs is 1. The molecule has 0 unspecified atom stereocenters. The molecule has 0 atom stereocenters. The van der Waals surface area contributed by atoms with Gasteiger partial charge in [-0.05, 0) is 30.7 Å². The van der Waals surface area contributed by atoms with Gasteiger partial charge in [0.1, 0.15) is 16.2 Å². The zero-order valence-electron chi connectivity index (χ0n) is 17.6. The van der Waals surface area contributed by atoms with Crippen LogP contribution in [0.5, 0.6) is 0 Å². The molecular formula is C22H28FN5S. The minimum Gasteiger partial charge on any atom is -0.361 e. The maximum absolute atomic E-state index is 14.1. The van der Waals surface area contributed by atoms with Gasteiger partial charge in [0.25, 0.3) is 0 Å². The number of nitrogens with one attached hydrogen (secondary N) is 2. The Morgan fingerprint density at radius 2 is 1.76 bits per heavy atom. The third-order valence-electron chi connectivity index (χ3n) is 3.84. The Hall–Kier alpha value is -2.80. The van der Waals surface area contributed by atoms with E-state index >= 15 is 0 Å². The lowest BCUT2D eigenvalue weighted by Gasteiger charge is -2.04. The highest BCUT2D eigenvalue weighted by atomic mass is 32.1. The van der Waals surface area contributed by atoms with Crippen molar-refractivity contribution in [3.63, 3.8) is 0 Å². The van der Waals surface area contributed by atoms with Crippen LogP contribution in [0, 0.1) is 5.82 Å². The first-order valence-electron chi connectivity index (χ1n) is 10.1. The number of halogens is 1. The van der Waals surface area contributed by atoms with Crippen molar-refractivity contribution in [2.45, 2.75) is 41.0 Å². The fraction of sp³-hybridized carbons (Fsp3) is 0.318. The molecule has 3 heterocycles. The SMILES string of the molecule is CC.CC.CCCNc1nc2ccc(-c3cn[nH]c3-c3ccccc3F)nc2s1. The number of pyridine rings is 1. The number of benzene rings is 1. The first-order valence-corrected chi connectivity index (χ1v) is 10.9. The number of anilines is 1. The van der Waals surface area contributed by atoms with Crippen molar-refractivity contribution < 1.29 is 4.39 Å². The van der Waals surface area contributed by atoms with Gasteiger partial charge in [0, 0.05) is 17.7 Å². The Bertz CT molecular complexity index is 1020. The molecule has 0 aliphatic heterocycles. The second-order valence-electron chi connectivity index (χ2n) is 5.61. The van der Waals surface area contributed by atoms with Gasteiger partial charge in [-0.2, -0.15) is 5.10 Å². The fourth-order valence-electron chi connectivity index (χ4n) is 2.62. The van der Waals surface area contributed by atoms with Crippen LogP contribution in [0.4, 0.5) is 9.52 Å². The molecule has 4 rings (SSSR count). The van der Waals surface area contributed by atoms with Crippen molar-refractivity contribution >= 4 is 26.8 Å². The van der Waals surface area contributed by atoms with Crippen molar-refractivity contribution in [3.8, 4) is 22.5 Å². The molecule has 29 heavy (non-hydrogen) atoms. The van der Waals surface area contributed by atoms with Crippen LogP contribution >= 0.6 is 11.3 Å². The molecule has 2 N–H and O–H groups in total. The highest BCUT2D eigenvalue weighted by molar-refractivity contribution is 7.21. The van der Waals surface area contributed by atoms with E-state index in [0.717, 1.165) is 39.7 Å². The van der Waals surface area contributed by atoms with Crippen LogP contribution in [-0.4, -0.2) is 26.7 Å². The number of nitrogens with zero attached hydrogens (tertiary/aromatic N) is 3. The molecule has 0 radical (unpaired) electrons. The predicted molar refractivity (Wildman–Crippen MR) is 122 cm³/mol. The van der Waals surface area contributed by atoms with Crippen molar-refractivity contribution in [3.05, 3.63) is 48.4 Å². The Kier molecular flexibility index (Phi) is 8.73. The molecule has 0 saturated heterocycles. The first kappa shape index (κ1) is 22.5. The largest absolute Gasteiger partial charge is 0.361 e. The summed E-state index contributed by atoms with van der Waals surface area (Å²) in [5.41, 5.74) is 3.46. The molecule has 0 aliphatic carbocycles. The van der Waals surface area contributed by atoms with Crippen LogP contribution in [0.2, 0.25) is 0 Å².